The lowest BCUT2D eigenvalue weighted by Crippen LogP contribution is -2.57. The van der Waals surface area contributed by atoms with Gasteiger partial charge in [-0.3, -0.25) is 0 Å². The van der Waals surface area contributed by atoms with Crippen LogP contribution in [0.15, 0.2) is 18.6 Å². The molecule has 0 radical (unpaired) electrons. The van der Waals surface area contributed by atoms with Crippen LogP contribution < -0.4 is 9.62 Å². The van der Waals surface area contributed by atoms with E-state index in [-0.39, 0.29) is 0 Å². The van der Waals surface area contributed by atoms with Crippen LogP contribution in [0.2, 0.25) is 0 Å². The van der Waals surface area contributed by atoms with E-state index in [1.54, 1.807) is 6.33 Å². The third-order valence-corrected chi connectivity index (χ3v) is 6.32. The third kappa shape index (κ3) is 2.77. The number of anilines is 1. The Kier molecular flexibility index (Phi) is 3.58. The van der Waals surface area contributed by atoms with Crippen molar-refractivity contribution in [1.82, 2.24) is 19.7 Å². The highest BCUT2D eigenvalue weighted by Gasteiger charge is 2.53. The largest absolute Gasteiger partial charge is 0.356 e. The number of fused-ring (bicyclic) bond motifs is 1. The zero-order valence-electron chi connectivity index (χ0n) is 14.0. The maximum atomic E-state index is 11.2. The van der Waals surface area contributed by atoms with Gasteiger partial charge in [-0.05, 0) is 43.1 Å². The number of sulfonamides is 1. The molecule has 1 spiro atoms. The third-order valence-electron chi connectivity index (χ3n) is 5.63. The summed E-state index contributed by atoms with van der Waals surface area (Å²) in [5.41, 5.74) is 1.30. The van der Waals surface area contributed by atoms with Crippen LogP contribution >= 0.6 is 0 Å². The number of aromatic amines is 1. The second kappa shape index (κ2) is 5.42. The predicted octanol–water partition coefficient (Wildman–Crippen LogP) is 1.50. The van der Waals surface area contributed by atoms with Gasteiger partial charge in [0.25, 0.3) is 0 Å². The van der Waals surface area contributed by atoms with Crippen molar-refractivity contribution in [3.8, 4) is 0 Å². The average molecular weight is 349 g/mol. The Morgan fingerprint density at radius 3 is 2.79 bits per heavy atom. The van der Waals surface area contributed by atoms with Gasteiger partial charge in [0.1, 0.15) is 17.8 Å². The van der Waals surface area contributed by atoms with Crippen LogP contribution in [0.3, 0.4) is 0 Å². The summed E-state index contributed by atoms with van der Waals surface area (Å²) < 4.78 is 25.0. The minimum atomic E-state index is -3.07. The quantitative estimate of drug-likeness (QED) is 0.854. The smallest absolute Gasteiger partial charge is 0.208 e. The van der Waals surface area contributed by atoms with Gasteiger partial charge < -0.3 is 9.88 Å². The minimum absolute atomic E-state index is 0.424. The summed E-state index contributed by atoms with van der Waals surface area (Å²) in [5.74, 6) is 1.47. The lowest BCUT2D eigenvalue weighted by molar-refractivity contribution is -0.0374. The van der Waals surface area contributed by atoms with Crippen LogP contribution in [0.5, 0.6) is 0 Å². The van der Waals surface area contributed by atoms with E-state index in [1.807, 2.05) is 12.3 Å². The van der Waals surface area contributed by atoms with Crippen LogP contribution in [0.4, 0.5) is 5.82 Å². The summed E-state index contributed by atoms with van der Waals surface area (Å²) in [6.45, 7) is 0.580. The molecule has 0 aliphatic heterocycles. The van der Waals surface area contributed by atoms with Gasteiger partial charge in [0.15, 0.2) is 0 Å². The zero-order chi connectivity index (χ0) is 16.9. The van der Waals surface area contributed by atoms with E-state index in [2.05, 4.69) is 31.6 Å². The van der Waals surface area contributed by atoms with E-state index >= 15 is 0 Å². The van der Waals surface area contributed by atoms with Crippen LogP contribution in [0.25, 0.3) is 11.0 Å². The molecule has 0 atom stereocenters. The van der Waals surface area contributed by atoms with Crippen LogP contribution in [-0.2, 0) is 10.0 Å². The Morgan fingerprint density at radius 1 is 1.33 bits per heavy atom. The lowest BCUT2D eigenvalue weighted by Gasteiger charge is -2.59. The fraction of sp³-hybridized carbons (Fsp3) is 0.625. The molecule has 7 nitrogen and oxygen atoms in total. The van der Waals surface area contributed by atoms with Crippen LogP contribution in [0, 0.1) is 11.3 Å². The monoisotopic (exact) mass is 349 g/mol. The molecule has 0 unspecified atom stereocenters. The first-order chi connectivity index (χ1) is 11.4. The fourth-order valence-electron chi connectivity index (χ4n) is 4.44. The molecule has 0 amide bonds. The molecule has 24 heavy (non-hydrogen) atoms. The van der Waals surface area contributed by atoms with E-state index in [0.29, 0.717) is 23.9 Å². The van der Waals surface area contributed by atoms with Gasteiger partial charge in [-0.25, -0.2) is 23.1 Å². The summed E-state index contributed by atoms with van der Waals surface area (Å²) in [7, 11) is -0.967. The molecule has 0 saturated heterocycles. The van der Waals surface area contributed by atoms with Crippen molar-refractivity contribution in [3.05, 3.63) is 18.6 Å². The zero-order valence-corrected chi connectivity index (χ0v) is 14.8. The van der Waals surface area contributed by atoms with E-state index in [4.69, 9.17) is 0 Å². The van der Waals surface area contributed by atoms with Crippen molar-refractivity contribution in [3.63, 3.8) is 0 Å². The summed E-state index contributed by atoms with van der Waals surface area (Å²) >= 11 is 0. The molecule has 0 aromatic carbocycles. The van der Waals surface area contributed by atoms with Crippen molar-refractivity contribution in [2.45, 2.75) is 31.7 Å². The number of nitrogens with zero attached hydrogens (tertiary/aromatic N) is 3. The Balaban J connectivity index is 1.34. The standard InChI is InChI=1S/C16H23N5O2S/c1-21(15-13-3-4-17-14(13)18-10-19-15)12-7-16(8-12)5-11(6-16)9-20-24(2,22)23/h3-4,10-12,20H,5-9H2,1-2H3,(H,17,18,19). The first-order valence-electron chi connectivity index (χ1n) is 8.31. The molecule has 8 heteroatoms. The van der Waals surface area contributed by atoms with Gasteiger partial charge >= 0.3 is 0 Å². The number of aromatic nitrogens is 3. The summed E-state index contributed by atoms with van der Waals surface area (Å²) in [5, 5.41) is 1.06. The van der Waals surface area contributed by atoms with Gasteiger partial charge in [-0.2, -0.15) is 0 Å². The summed E-state index contributed by atoms with van der Waals surface area (Å²) in [6, 6.07) is 2.52. The topological polar surface area (TPSA) is 91.0 Å². The molecule has 2 saturated carbocycles. The number of nitrogens with one attached hydrogen (secondary N) is 2. The van der Waals surface area contributed by atoms with Gasteiger partial charge in [0.05, 0.1) is 11.6 Å². The Bertz CT molecular complexity index is 848. The number of hydrogen-bond acceptors (Lipinski definition) is 5. The molecule has 2 aliphatic rings. The highest BCUT2D eigenvalue weighted by Crippen LogP contribution is 2.59. The van der Waals surface area contributed by atoms with Gasteiger partial charge in [-0.1, -0.05) is 0 Å². The van der Waals surface area contributed by atoms with E-state index in [0.717, 1.165) is 42.5 Å². The molecule has 2 aliphatic carbocycles. The molecule has 2 aromatic heterocycles. The minimum Gasteiger partial charge on any atom is -0.356 e. The van der Waals surface area contributed by atoms with E-state index in [9.17, 15) is 8.42 Å². The molecular weight excluding hydrogens is 326 g/mol. The SMILES string of the molecule is CN(c1ncnc2[nH]ccc12)C1CC2(CC(CNS(C)(=O)=O)C2)C1. The Morgan fingerprint density at radius 2 is 2.08 bits per heavy atom. The van der Waals surface area contributed by atoms with Gasteiger partial charge in [0, 0.05) is 25.8 Å². The highest BCUT2D eigenvalue weighted by molar-refractivity contribution is 7.88. The van der Waals surface area contributed by atoms with Gasteiger partial charge in [0.2, 0.25) is 10.0 Å². The maximum Gasteiger partial charge on any atom is 0.208 e. The first kappa shape index (κ1) is 15.8. The second-order valence-electron chi connectivity index (χ2n) is 7.51. The molecular formula is C16H23N5O2S. The van der Waals surface area contributed by atoms with Crippen molar-refractivity contribution in [1.29, 1.82) is 0 Å². The lowest BCUT2D eigenvalue weighted by atomic mass is 9.50. The molecule has 4 rings (SSSR count). The highest BCUT2D eigenvalue weighted by atomic mass is 32.2. The fourth-order valence-corrected chi connectivity index (χ4v) is 4.98. The Labute approximate surface area is 141 Å². The molecule has 130 valence electrons. The molecule has 2 heterocycles. The Hall–Kier alpha value is -1.67. The average Bonchev–Trinajstić information content (AvgIpc) is 2.90. The van der Waals surface area contributed by atoms with Crippen LogP contribution in [0.1, 0.15) is 25.7 Å². The van der Waals surface area contributed by atoms with Crippen LogP contribution in [-0.4, -0.2) is 49.3 Å². The molecule has 2 N–H and O–H groups in total. The first-order valence-corrected chi connectivity index (χ1v) is 10.2. The summed E-state index contributed by atoms with van der Waals surface area (Å²) in [4.78, 5) is 14.1. The number of hydrogen-bond donors (Lipinski definition) is 2. The summed E-state index contributed by atoms with van der Waals surface area (Å²) in [6.07, 6.45) is 9.30. The van der Waals surface area contributed by atoms with Crippen molar-refractivity contribution >= 4 is 26.9 Å². The molecule has 2 aromatic rings. The van der Waals surface area contributed by atoms with E-state index < -0.39 is 10.0 Å². The van der Waals surface area contributed by atoms with Crippen molar-refractivity contribution in [2.75, 3.05) is 24.7 Å². The van der Waals surface area contributed by atoms with E-state index in [1.165, 1.54) is 6.26 Å². The van der Waals surface area contributed by atoms with Gasteiger partial charge in [-0.15, -0.1) is 0 Å². The normalized spacial score (nSPS) is 29.4. The molecule has 0 bridgehead atoms. The number of rotatable bonds is 5. The predicted molar refractivity (Wildman–Crippen MR) is 93.3 cm³/mol. The number of H-pyrrole nitrogens is 1. The second-order valence-corrected chi connectivity index (χ2v) is 9.34. The molecule has 2 fully saturated rings. The maximum absolute atomic E-state index is 11.2. The van der Waals surface area contributed by atoms with Crippen molar-refractivity contribution < 1.29 is 8.42 Å². The van der Waals surface area contributed by atoms with Crippen molar-refractivity contribution in [2.24, 2.45) is 11.3 Å².